The number of ether oxygens (including phenoxy) is 1. The van der Waals surface area contributed by atoms with Gasteiger partial charge >= 0.3 is 0 Å². The highest BCUT2D eigenvalue weighted by atomic mass is 16.5. The van der Waals surface area contributed by atoms with Gasteiger partial charge in [0.2, 0.25) is 0 Å². The molecule has 1 atom stereocenters. The molecule has 1 fully saturated rings. The molecular formula is C16H26N2O. The molecule has 0 aliphatic carbocycles. The van der Waals surface area contributed by atoms with Crippen molar-refractivity contribution in [3.05, 3.63) is 34.9 Å². The number of hydrogen-bond donors (Lipinski definition) is 1. The van der Waals surface area contributed by atoms with Crippen molar-refractivity contribution < 1.29 is 4.74 Å². The van der Waals surface area contributed by atoms with Gasteiger partial charge in [-0.2, -0.15) is 0 Å². The van der Waals surface area contributed by atoms with Gasteiger partial charge in [-0.05, 0) is 44.4 Å². The van der Waals surface area contributed by atoms with Gasteiger partial charge in [-0.25, -0.2) is 0 Å². The van der Waals surface area contributed by atoms with Crippen LogP contribution in [0.1, 0.15) is 36.6 Å². The summed E-state index contributed by atoms with van der Waals surface area (Å²) in [4.78, 5) is 2.41. The first kappa shape index (κ1) is 14.5. The van der Waals surface area contributed by atoms with Crippen molar-refractivity contribution in [2.24, 2.45) is 5.73 Å². The molecule has 1 aliphatic rings. The lowest BCUT2D eigenvalue weighted by atomic mass is 10.0. The fourth-order valence-corrected chi connectivity index (χ4v) is 2.65. The number of morpholine rings is 1. The van der Waals surface area contributed by atoms with Crippen LogP contribution in [-0.4, -0.2) is 36.7 Å². The van der Waals surface area contributed by atoms with Crippen LogP contribution in [0.3, 0.4) is 0 Å². The minimum Gasteiger partial charge on any atom is -0.373 e. The van der Waals surface area contributed by atoms with E-state index in [2.05, 4.69) is 50.8 Å². The molecule has 0 spiro atoms. The average molecular weight is 262 g/mol. The molecule has 0 amide bonds. The molecule has 2 rings (SSSR count). The summed E-state index contributed by atoms with van der Waals surface area (Å²) in [6.07, 6.45) is 0. The van der Waals surface area contributed by atoms with Crippen molar-refractivity contribution in [3.8, 4) is 0 Å². The third-order valence-electron chi connectivity index (χ3n) is 3.92. The van der Waals surface area contributed by atoms with E-state index < -0.39 is 0 Å². The molecule has 1 unspecified atom stereocenters. The van der Waals surface area contributed by atoms with E-state index in [1.165, 1.54) is 16.7 Å². The molecule has 1 aromatic rings. The summed E-state index contributed by atoms with van der Waals surface area (Å²) in [6.45, 7) is 12.2. The van der Waals surface area contributed by atoms with Crippen molar-refractivity contribution in [1.82, 2.24) is 4.90 Å². The Kier molecular flexibility index (Phi) is 4.29. The molecular weight excluding hydrogens is 236 g/mol. The van der Waals surface area contributed by atoms with Crippen LogP contribution in [0.2, 0.25) is 0 Å². The second-order valence-corrected chi connectivity index (χ2v) is 6.29. The molecule has 1 saturated heterocycles. The molecule has 0 saturated carbocycles. The van der Waals surface area contributed by atoms with Crippen LogP contribution < -0.4 is 5.73 Å². The number of rotatable bonds is 3. The van der Waals surface area contributed by atoms with Gasteiger partial charge in [0.05, 0.1) is 12.2 Å². The first-order valence-electron chi connectivity index (χ1n) is 7.06. The highest BCUT2D eigenvalue weighted by Gasteiger charge is 2.28. The van der Waals surface area contributed by atoms with Gasteiger partial charge in [0, 0.05) is 25.7 Å². The molecule has 3 nitrogen and oxygen atoms in total. The summed E-state index contributed by atoms with van der Waals surface area (Å²) >= 11 is 0. The molecule has 0 aromatic heterocycles. The zero-order valence-corrected chi connectivity index (χ0v) is 12.6. The van der Waals surface area contributed by atoms with Crippen molar-refractivity contribution in [2.75, 3.05) is 26.2 Å². The van der Waals surface area contributed by atoms with Gasteiger partial charge in [0.1, 0.15) is 0 Å². The van der Waals surface area contributed by atoms with E-state index >= 15 is 0 Å². The summed E-state index contributed by atoms with van der Waals surface area (Å²) in [5, 5.41) is 0. The Labute approximate surface area is 116 Å². The van der Waals surface area contributed by atoms with Gasteiger partial charge in [0.25, 0.3) is 0 Å². The largest absolute Gasteiger partial charge is 0.373 e. The van der Waals surface area contributed by atoms with E-state index in [4.69, 9.17) is 10.5 Å². The van der Waals surface area contributed by atoms with Gasteiger partial charge < -0.3 is 10.5 Å². The zero-order chi connectivity index (χ0) is 14.0. The van der Waals surface area contributed by atoms with Crippen LogP contribution in [0.25, 0.3) is 0 Å². The normalized spacial score (nSPS) is 21.3. The van der Waals surface area contributed by atoms with E-state index in [9.17, 15) is 0 Å². The fraction of sp³-hybridized carbons (Fsp3) is 0.625. The molecule has 1 heterocycles. The summed E-state index contributed by atoms with van der Waals surface area (Å²) in [6, 6.07) is 6.60. The number of nitrogens with two attached hydrogens (primary N) is 1. The first-order chi connectivity index (χ1) is 8.87. The summed E-state index contributed by atoms with van der Waals surface area (Å²) in [7, 11) is 0. The Morgan fingerprint density at radius 1 is 1.32 bits per heavy atom. The molecule has 106 valence electrons. The van der Waals surface area contributed by atoms with Crippen LogP contribution in [0.15, 0.2) is 18.2 Å². The van der Waals surface area contributed by atoms with Crippen LogP contribution in [0.4, 0.5) is 0 Å². The maximum absolute atomic E-state index is 6.35. The van der Waals surface area contributed by atoms with E-state index in [0.29, 0.717) is 0 Å². The fourth-order valence-electron chi connectivity index (χ4n) is 2.65. The van der Waals surface area contributed by atoms with Crippen LogP contribution >= 0.6 is 0 Å². The highest BCUT2D eigenvalue weighted by molar-refractivity contribution is 5.31. The van der Waals surface area contributed by atoms with Crippen LogP contribution in [-0.2, 0) is 4.74 Å². The van der Waals surface area contributed by atoms with Crippen molar-refractivity contribution in [2.45, 2.75) is 39.3 Å². The monoisotopic (exact) mass is 262 g/mol. The Morgan fingerprint density at radius 2 is 2.05 bits per heavy atom. The predicted molar refractivity (Wildman–Crippen MR) is 79.3 cm³/mol. The molecule has 2 N–H and O–H groups in total. The second kappa shape index (κ2) is 5.61. The zero-order valence-electron chi connectivity index (χ0n) is 12.6. The lowest BCUT2D eigenvalue weighted by Gasteiger charge is -2.39. The van der Waals surface area contributed by atoms with Gasteiger partial charge in [-0.3, -0.25) is 4.90 Å². The van der Waals surface area contributed by atoms with Crippen molar-refractivity contribution >= 4 is 0 Å². The minimum absolute atomic E-state index is 0.0544. The standard InChI is InChI=1S/C16H26N2O/c1-12-5-6-14(9-13(12)2)15(17)10-18-7-8-19-16(3,4)11-18/h5-6,9,15H,7-8,10-11,17H2,1-4H3. The Balaban J connectivity index is 2.00. The van der Waals surface area contributed by atoms with E-state index in [0.717, 1.165) is 26.2 Å². The van der Waals surface area contributed by atoms with Crippen LogP contribution in [0.5, 0.6) is 0 Å². The average Bonchev–Trinajstić information content (AvgIpc) is 2.31. The minimum atomic E-state index is -0.0544. The maximum atomic E-state index is 6.35. The predicted octanol–water partition coefficient (Wildman–Crippen LogP) is 2.41. The molecule has 3 heteroatoms. The summed E-state index contributed by atoms with van der Waals surface area (Å²) in [5.41, 5.74) is 10.2. The van der Waals surface area contributed by atoms with Gasteiger partial charge in [-0.15, -0.1) is 0 Å². The number of nitrogens with zero attached hydrogens (tertiary/aromatic N) is 1. The number of benzene rings is 1. The topological polar surface area (TPSA) is 38.5 Å². The first-order valence-corrected chi connectivity index (χ1v) is 7.06. The Hall–Kier alpha value is -0.900. The summed E-state index contributed by atoms with van der Waals surface area (Å²) in [5.74, 6) is 0. The van der Waals surface area contributed by atoms with Crippen LogP contribution in [0, 0.1) is 13.8 Å². The smallest absolute Gasteiger partial charge is 0.0753 e. The quantitative estimate of drug-likeness (QED) is 0.909. The number of aryl methyl sites for hydroxylation is 2. The maximum Gasteiger partial charge on any atom is 0.0753 e. The van der Waals surface area contributed by atoms with E-state index in [-0.39, 0.29) is 11.6 Å². The molecule has 1 aliphatic heterocycles. The third kappa shape index (κ3) is 3.78. The van der Waals surface area contributed by atoms with E-state index in [1.807, 2.05) is 0 Å². The Morgan fingerprint density at radius 3 is 2.68 bits per heavy atom. The van der Waals surface area contributed by atoms with Gasteiger partial charge in [0.15, 0.2) is 0 Å². The molecule has 0 radical (unpaired) electrons. The van der Waals surface area contributed by atoms with Crippen molar-refractivity contribution in [1.29, 1.82) is 0 Å². The lowest BCUT2D eigenvalue weighted by Crippen LogP contribution is -2.50. The highest BCUT2D eigenvalue weighted by Crippen LogP contribution is 2.20. The second-order valence-electron chi connectivity index (χ2n) is 6.29. The SMILES string of the molecule is Cc1ccc(C(N)CN2CCOC(C)(C)C2)cc1C. The molecule has 19 heavy (non-hydrogen) atoms. The Bertz CT molecular complexity index is 442. The summed E-state index contributed by atoms with van der Waals surface area (Å²) < 4.78 is 5.74. The third-order valence-corrected chi connectivity index (χ3v) is 3.92. The number of hydrogen-bond acceptors (Lipinski definition) is 3. The van der Waals surface area contributed by atoms with Gasteiger partial charge in [-0.1, -0.05) is 18.2 Å². The molecule has 1 aromatic carbocycles. The lowest BCUT2D eigenvalue weighted by molar-refractivity contribution is -0.0869. The molecule has 0 bridgehead atoms. The van der Waals surface area contributed by atoms with Crippen molar-refractivity contribution in [3.63, 3.8) is 0 Å². The van der Waals surface area contributed by atoms with E-state index in [1.54, 1.807) is 0 Å².